The van der Waals surface area contributed by atoms with Gasteiger partial charge in [-0.15, -0.1) is 0 Å². The molecular weight excluding hydrogens is 262 g/mol. The summed E-state index contributed by atoms with van der Waals surface area (Å²) in [5.41, 5.74) is 0.647. The second kappa shape index (κ2) is 6.91. The highest BCUT2D eigenvalue weighted by atomic mass is 16.5. The number of amides is 1. The molecule has 1 fully saturated rings. The van der Waals surface area contributed by atoms with Crippen LogP contribution in [0.15, 0.2) is 24.3 Å². The number of carbonyl (C=O) groups excluding carboxylic acids is 1. The van der Waals surface area contributed by atoms with Gasteiger partial charge in [0.05, 0.1) is 19.6 Å². The Hall–Kier alpha value is -2.08. The van der Waals surface area contributed by atoms with E-state index >= 15 is 0 Å². The van der Waals surface area contributed by atoms with Gasteiger partial charge in [-0.1, -0.05) is 12.1 Å². The van der Waals surface area contributed by atoms with E-state index in [0.717, 1.165) is 0 Å². The zero-order valence-electron chi connectivity index (χ0n) is 11.1. The maximum absolute atomic E-state index is 11.9. The molecule has 1 aliphatic rings. The summed E-state index contributed by atoms with van der Waals surface area (Å²) in [6.07, 6.45) is -0.0609. The molecule has 1 aromatic carbocycles. The Kier molecular flexibility index (Phi) is 4.95. The van der Waals surface area contributed by atoms with Gasteiger partial charge in [-0.05, 0) is 17.7 Å². The second-order valence-electron chi connectivity index (χ2n) is 4.50. The standard InChI is InChI=1S/C14H17NO5/c16-13(15-4-6-19-7-5-15)10-20-12-3-1-2-11(8-12)9-14(17)18/h1-3,8H,4-7,9-10H2,(H,17,18). The van der Waals surface area contributed by atoms with Gasteiger partial charge in [0.25, 0.3) is 5.91 Å². The van der Waals surface area contributed by atoms with Crippen LogP contribution in [0.4, 0.5) is 0 Å². The van der Waals surface area contributed by atoms with Gasteiger partial charge in [-0.3, -0.25) is 9.59 Å². The van der Waals surface area contributed by atoms with Crippen molar-refractivity contribution in [2.24, 2.45) is 0 Å². The minimum absolute atomic E-state index is 0.0451. The Labute approximate surface area is 116 Å². The van der Waals surface area contributed by atoms with Crippen LogP contribution >= 0.6 is 0 Å². The maximum Gasteiger partial charge on any atom is 0.307 e. The Morgan fingerprint density at radius 1 is 1.30 bits per heavy atom. The van der Waals surface area contributed by atoms with E-state index in [4.69, 9.17) is 14.6 Å². The predicted molar refractivity (Wildman–Crippen MR) is 70.7 cm³/mol. The number of rotatable bonds is 5. The molecule has 20 heavy (non-hydrogen) atoms. The quantitative estimate of drug-likeness (QED) is 0.852. The van der Waals surface area contributed by atoms with Crippen molar-refractivity contribution in [3.05, 3.63) is 29.8 Å². The van der Waals surface area contributed by atoms with Crippen LogP contribution in [0, 0.1) is 0 Å². The van der Waals surface area contributed by atoms with Gasteiger partial charge in [0.1, 0.15) is 5.75 Å². The molecule has 108 valence electrons. The zero-order chi connectivity index (χ0) is 14.4. The van der Waals surface area contributed by atoms with Gasteiger partial charge >= 0.3 is 5.97 Å². The number of carboxylic acid groups (broad SMARTS) is 1. The number of hydrogen-bond donors (Lipinski definition) is 1. The molecule has 0 radical (unpaired) electrons. The lowest BCUT2D eigenvalue weighted by molar-refractivity contribution is -0.137. The van der Waals surface area contributed by atoms with E-state index in [9.17, 15) is 9.59 Å². The van der Waals surface area contributed by atoms with Gasteiger partial charge in [-0.25, -0.2) is 0 Å². The van der Waals surface area contributed by atoms with Gasteiger partial charge in [-0.2, -0.15) is 0 Å². The third-order valence-corrected chi connectivity index (χ3v) is 2.98. The highest BCUT2D eigenvalue weighted by Crippen LogP contribution is 2.14. The Morgan fingerprint density at radius 3 is 2.75 bits per heavy atom. The average Bonchev–Trinajstić information content (AvgIpc) is 2.45. The van der Waals surface area contributed by atoms with Crippen molar-refractivity contribution >= 4 is 11.9 Å². The summed E-state index contributed by atoms with van der Waals surface area (Å²) in [6, 6.07) is 6.77. The van der Waals surface area contributed by atoms with E-state index in [0.29, 0.717) is 37.6 Å². The molecule has 0 unspecified atom stereocenters. The molecule has 1 amide bonds. The van der Waals surface area contributed by atoms with Crippen LogP contribution in [0.2, 0.25) is 0 Å². The molecular formula is C14H17NO5. The molecule has 1 saturated heterocycles. The van der Waals surface area contributed by atoms with Gasteiger partial charge in [0, 0.05) is 13.1 Å². The van der Waals surface area contributed by atoms with Gasteiger partial charge < -0.3 is 19.5 Å². The molecule has 1 heterocycles. The van der Waals surface area contributed by atoms with E-state index in [1.807, 2.05) is 0 Å². The lowest BCUT2D eigenvalue weighted by atomic mass is 10.1. The molecule has 0 bridgehead atoms. The minimum Gasteiger partial charge on any atom is -0.484 e. The van der Waals surface area contributed by atoms with Crippen molar-refractivity contribution in [1.82, 2.24) is 4.90 Å². The van der Waals surface area contributed by atoms with Crippen molar-refractivity contribution in [2.75, 3.05) is 32.9 Å². The van der Waals surface area contributed by atoms with Crippen molar-refractivity contribution < 1.29 is 24.2 Å². The van der Waals surface area contributed by atoms with E-state index in [1.165, 1.54) is 0 Å². The summed E-state index contributed by atoms with van der Waals surface area (Å²) < 4.78 is 10.6. The predicted octanol–water partition coefficient (Wildman–Crippen LogP) is 0.551. The third-order valence-electron chi connectivity index (χ3n) is 2.98. The number of ether oxygens (including phenoxy) is 2. The number of benzene rings is 1. The summed E-state index contributed by atoms with van der Waals surface area (Å²) in [5.74, 6) is -0.478. The zero-order valence-corrected chi connectivity index (χ0v) is 11.1. The summed E-state index contributed by atoms with van der Waals surface area (Å²) in [4.78, 5) is 24.2. The number of morpholine rings is 1. The Bertz CT molecular complexity index is 482. The molecule has 0 spiro atoms. The average molecular weight is 279 g/mol. The van der Waals surface area contributed by atoms with Crippen molar-refractivity contribution in [1.29, 1.82) is 0 Å². The lowest BCUT2D eigenvalue weighted by Gasteiger charge is -2.26. The maximum atomic E-state index is 11.9. The molecule has 1 N–H and O–H groups in total. The van der Waals surface area contributed by atoms with Crippen molar-refractivity contribution in [3.8, 4) is 5.75 Å². The molecule has 6 nitrogen and oxygen atoms in total. The number of carboxylic acids is 1. The topological polar surface area (TPSA) is 76.1 Å². The smallest absolute Gasteiger partial charge is 0.307 e. The number of carbonyl (C=O) groups is 2. The first kappa shape index (κ1) is 14.3. The molecule has 0 saturated carbocycles. The lowest BCUT2D eigenvalue weighted by Crippen LogP contribution is -2.42. The first-order chi connectivity index (χ1) is 9.65. The number of nitrogens with zero attached hydrogens (tertiary/aromatic N) is 1. The fourth-order valence-corrected chi connectivity index (χ4v) is 1.97. The first-order valence-electron chi connectivity index (χ1n) is 6.44. The highest BCUT2D eigenvalue weighted by molar-refractivity contribution is 5.77. The van der Waals surface area contributed by atoms with Crippen LogP contribution in [0.25, 0.3) is 0 Å². The number of hydrogen-bond acceptors (Lipinski definition) is 4. The fourth-order valence-electron chi connectivity index (χ4n) is 1.97. The second-order valence-corrected chi connectivity index (χ2v) is 4.50. The molecule has 2 rings (SSSR count). The molecule has 0 atom stereocenters. The first-order valence-corrected chi connectivity index (χ1v) is 6.44. The van der Waals surface area contributed by atoms with Crippen LogP contribution in [0.5, 0.6) is 5.75 Å². The monoisotopic (exact) mass is 279 g/mol. The normalized spacial score (nSPS) is 14.9. The van der Waals surface area contributed by atoms with Crippen LogP contribution in [-0.4, -0.2) is 54.8 Å². The summed E-state index contributed by atoms with van der Waals surface area (Å²) in [5, 5.41) is 8.73. The molecule has 0 aliphatic carbocycles. The van der Waals surface area contributed by atoms with Crippen molar-refractivity contribution in [3.63, 3.8) is 0 Å². The third kappa shape index (κ3) is 4.24. The SMILES string of the molecule is O=C(O)Cc1cccc(OCC(=O)N2CCOCC2)c1. The van der Waals surface area contributed by atoms with Crippen LogP contribution in [0.3, 0.4) is 0 Å². The van der Waals surface area contributed by atoms with Crippen molar-refractivity contribution in [2.45, 2.75) is 6.42 Å². The molecule has 0 aromatic heterocycles. The van der Waals surface area contributed by atoms with E-state index in [2.05, 4.69) is 0 Å². The summed E-state index contributed by atoms with van der Waals surface area (Å²) in [6.45, 7) is 2.23. The Balaban J connectivity index is 1.86. The molecule has 6 heteroatoms. The largest absolute Gasteiger partial charge is 0.484 e. The molecule has 1 aromatic rings. The van der Waals surface area contributed by atoms with Crippen LogP contribution in [0.1, 0.15) is 5.56 Å². The Morgan fingerprint density at radius 2 is 2.05 bits per heavy atom. The minimum atomic E-state index is -0.897. The van der Waals surface area contributed by atoms with Crippen LogP contribution in [-0.2, 0) is 20.7 Å². The van der Waals surface area contributed by atoms with Crippen LogP contribution < -0.4 is 4.74 Å². The van der Waals surface area contributed by atoms with Gasteiger partial charge in [0.15, 0.2) is 6.61 Å². The highest BCUT2D eigenvalue weighted by Gasteiger charge is 2.17. The summed E-state index contributed by atoms with van der Waals surface area (Å²) in [7, 11) is 0. The molecule has 1 aliphatic heterocycles. The van der Waals surface area contributed by atoms with Gasteiger partial charge in [0.2, 0.25) is 0 Å². The van der Waals surface area contributed by atoms with E-state index < -0.39 is 5.97 Å². The fraction of sp³-hybridized carbons (Fsp3) is 0.429. The van der Waals surface area contributed by atoms with E-state index in [1.54, 1.807) is 29.2 Å². The number of aliphatic carboxylic acids is 1. The summed E-state index contributed by atoms with van der Waals surface area (Å²) >= 11 is 0. The van der Waals surface area contributed by atoms with E-state index in [-0.39, 0.29) is 18.9 Å².